The van der Waals surface area contributed by atoms with Crippen molar-refractivity contribution < 1.29 is 18.6 Å². The maximum absolute atomic E-state index is 12.3. The SMILES string of the molecule is Cc1cc(NC(=O)C2CCN(C(=O)c3cc(C)on3)CC2)no1. The molecule has 1 aliphatic heterocycles. The van der Waals surface area contributed by atoms with Crippen LogP contribution in [0, 0.1) is 19.8 Å². The number of carbonyl (C=O) groups is 2. The number of hydrogen-bond acceptors (Lipinski definition) is 6. The van der Waals surface area contributed by atoms with Crippen molar-refractivity contribution in [2.45, 2.75) is 26.7 Å². The maximum atomic E-state index is 12.3. The molecule has 0 bridgehead atoms. The second kappa shape index (κ2) is 6.23. The van der Waals surface area contributed by atoms with Crippen molar-refractivity contribution in [2.75, 3.05) is 18.4 Å². The van der Waals surface area contributed by atoms with Crippen molar-refractivity contribution in [3.05, 3.63) is 29.3 Å². The minimum absolute atomic E-state index is 0.0947. The summed E-state index contributed by atoms with van der Waals surface area (Å²) < 4.78 is 9.85. The average Bonchev–Trinajstić information content (AvgIpc) is 3.15. The molecule has 3 heterocycles. The van der Waals surface area contributed by atoms with Gasteiger partial charge in [-0.15, -0.1) is 0 Å². The number of hydrogen-bond donors (Lipinski definition) is 1. The first-order chi connectivity index (χ1) is 11.0. The summed E-state index contributed by atoms with van der Waals surface area (Å²) in [4.78, 5) is 26.2. The van der Waals surface area contributed by atoms with Crippen LogP contribution >= 0.6 is 0 Å². The molecule has 0 aliphatic carbocycles. The Morgan fingerprint density at radius 3 is 2.35 bits per heavy atom. The molecule has 3 rings (SSSR count). The van der Waals surface area contributed by atoms with Gasteiger partial charge in [0.25, 0.3) is 5.91 Å². The van der Waals surface area contributed by atoms with Crippen molar-refractivity contribution in [3.63, 3.8) is 0 Å². The number of anilines is 1. The fourth-order valence-corrected chi connectivity index (χ4v) is 2.63. The van der Waals surface area contributed by atoms with Crippen LogP contribution < -0.4 is 5.32 Å². The summed E-state index contributed by atoms with van der Waals surface area (Å²) in [7, 11) is 0. The van der Waals surface area contributed by atoms with Gasteiger partial charge in [-0.1, -0.05) is 10.3 Å². The molecular formula is C15H18N4O4. The lowest BCUT2D eigenvalue weighted by atomic mass is 9.95. The van der Waals surface area contributed by atoms with Crippen molar-refractivity contribution in [1.82, 2.24) is 15.2 Å². The first kappa shape index (κ1) is 15.3. The van der Waals surface area contributed by atoms with Gasteiger partial charge in [0, 0.05) is 31.1 Å². The number of nitrogens with zero attached hydrogens (tertiary/aromatic N) is 3. The van der Waals surface area contributed by atoms with E-state index in [9.17, 15) is 9.59 Å². The summed E-state index contributed by atoms with van der Waals surface area (Å²) in [5, 5.41) is 10.2. The Balaban J connectivity index is 1.53. The molecular weight excluding hydrogens is 300 g/mol. The van der Waals surface area contributed by atoms with E-state index in [1.54, 1.807) is 30.9 Å². The van der Waals surface area contributed by atoms with E-state index in [1.807, 2.05) is 0 Å². The maximum Gasteiger partial charge on any atom is 0.276 e. The zero-order chi connectivity index (χ0) is 16.4. The van der Waals surface area contributed by atoms with Crippen molar-refractivity contribution in [2.24, 2.45) is 5.92 Å². The largest absolute Gasteiger partial charge is 0.361 e. The summed E-state index contributed by atoms with van der Waals surface area (Å²) in [5.41, 5.74) is 0.309. The van der Waals surface area contributed by atoms with Gasteiger partial charge in [-0.05, 0) is 26.7 Å². The predicted octanol–water partition coefficient (Wildman–Crippen LogP) is 1.77. The first-order valence-corrected chi connectivity index (χ1v) is 7.49. The van der Waals surface area contributed by atoms with Gasteiger partial charge in [-0.25, -0.2) is 0 Å². The molecule has 0 unspecified atom stereocenters. The van der Waals surface area contributed by atoms with E-state index < -0.39 is 0 Å². The Labute approximate surface area is 132 Å². The molecule has 0 atom stereocenters. The number of piperidine rings is 1. The van der Waals surface area contributed by atoms with Gasteiger partial charge in [0.1, 0.15) is 11.5 Å². The van der Waals surface area contributed by atoms with Gasteiger partial charge >= 0.3 is 0 Å². The molecule has 1 N–H and O–H groups in total. The highest BCUT2D eigenvalue weighted by Crippen LogP contribution is 2.21. The van der Waals surface area contributed by atoms with E-state index in [0.29, 0.717) is 49.0 Å². The van der Waals surface area contributed by atoms with Crippen molar-refractivity contribution >= 4 is 17.6 Å². The molecule has 2 aromatic rings. The predicted molar refractivity (Wildman–Crippen MR) is 79.7 cm³/mol. The Bertz CT molecular complexity index is 713. The summed E-state index contributed by atoms with van der Waals surface area (Å²) in [6.07, 6.45) is 1.20. The number of carbonyl (C=O) groups excluding carboxylic acids is 2. The summed E-state index contributed by atoms with van der Waals surface area (Å²) >= 11 is 0. The second-order valence-corrected chi connectivity index (χ2v) is 5.70. The van der Waals surface area contributed by atoms with Crippen LogP contribution in [0.5, 0.6) is 0 Å². The van der Waals surface area contributed by atoms with Crippen molar-refractivity contribution in [1.29, 1.82) is 0 Å². The molecule has 1 fully saturated rings. The topological polar surface area (TPSA) is 101 Å². The number of likely N-dealkylation sites (tertiary alicyclic amines) is 1. The van der Waals surface area contributed by atoms with Gasteiger partial charge in [0.05, 0.1) is 0 Å². The monoisotopic (exact) mass is 318 g/mol. The van der Waals surface area contributed by atoms with E-state index in [0.717, 1.165) is 0 Å². The van der Waals surface area contributed by atoms with Gasteiger partial charge in [0.2, 0.25) is 5.91 Å². The Hall–Kier alpha value is -2.64. The second-order valence-electron chi connectivity index (χ2n) is 5.70. The molecule has 1 aliphatic rings. The van der Waals surface area contributed by atoms with Gasteiger partial charge < -0.3 is 19.3 Å². The van der Waals surface area contributed by atoms with Crippen LogP contribution in [0.15, 0.2) is 21.2 Å². The fourth-order valence-electron chi connectivity index (χ4n) is 2.63. The molecule has 0 aromatic carbocycles. The summed E-state index contributed by atoms with van der Waals surface area (Å²) in [6, 6.07) is 3.29. The van der Waals surface area contributed by atoms with Crippen LogP contribution in [0.1, 0.15) is 34.9 Å². The van der Waals surface area contributed by atoms with Gasteiger partial charge in [-0.2, -0.15) is 0 Å². The van der Waals surface area contributed by atoms with Crippen LogP contribution in [0.3, 0.4) is 0 Å². The number of aryl methyl sites for hydroxylation is 2. The van der Waals surface area contributed by atoms with Crippen LogP contribution in [0.25, 0.3) is 0 Å². The van der Waals surface area contributed by atoms with E-state index in [4.69, 9.17) is 9.05 Å². The van der Waals surface area contributed by atoms with Gasteiger partial charge in [0.15, 0.2) is 11.5 Å². The first-order valence-electron chi connectivity index (χ1n) is 7.49. The third-order valence-corrected chi connectivity index (χ3v) is 3.88. The lowest BCUT2D eigenvalue weighted by Crippen LogP contribution is -2.41. The normalized spacial score (nSPS) is 15.7. The van der Waals surface area contributed by atoms with E-state index in [1.165, 1.54) is 0 Å². The fraction of sp³-hybridized carbons (Fsp3) is 0.467. The highest BCUT2D eigenvalue weighted by Gasteiger charge is 2.29. The number of aromatic nitrogens is 2. The van der Waals surface area contributed by atoms with Crippen LogP contribution in [-0.2, 0) is 4.79 Å². The summed E-state index contributed by atoms with van der Waals surface area (Å²) in [6.45, 7) is 4.53. The molecule has 8 nitrogen and oxygen atoms in total. The molecule has 2 amide bonds. The van der Waals surface area contributed by atoms with E-state index in [-0.39, 0.29) is 17.7 Å². The number of nitrogens with one attached hydrogen (secondary N) is 1. The molecule has 122 valence electrons. The Kier molecular flexibility index (Phi) is 4.14. The standard InChI is InChI=1S/C15H18N4O4/c1-9-7-12(17-22-9)15(21)19-5-3-11(4-6-19)14(20)16-13-8-10(2)23-18-13/h7-8,11H,3-6H2,1-2H3,(H,16,18,20). The quantitative estimate of drug-likeness (QED) is 0.925. The third-order valence-electron chi connectivity index (χ3n) is 3.88. The highest BCUT2D eigenvalue weighted by atomic mass is 16.5. The van der Waals surface area contributed by atoms with Gasteiger partial charge in [-0.3, -0.25) is 9.59 Å². The van der Waals surface area contributed by atoms with Crippen LogP contribution in [0.4, 0.5) is 5.82 Å². The molecule has 0 radical (unpaired) electrons. The lowest BCUT2D eigenvalue weighted by Gasteiger charge is -2.30. The van der Waals surface area contributed by atoms with Crippen LogP contribution in [0.2, 0.25) is 0 Å². The smallest absolute Gasteiger partial charge is 0.276 e. The Morgan fingerprint density at radius 2 is 1.78 bits per heavy atom. The molecule has 8 heteroatoms. The molecule has 2 aromatic heterocycles. The zero-order valence-corrected chi connectivity index (χ0v) is 13.0. The zero-order valence-electron chi connectivity index (χ0n) is 13.0. The van der Waals surface area contributed by atoms with E-state index >= 15 is 0 Å². The molecule has 23 heavy (non-hydrogen) atoms. The van der Waals surface area contributed by atoms with Crippen molar-refractivity contribution in [3.8, 4) is 0 Å². The number of amides is 2. The molecule has 0 spiro atoms. The molecule has 0 saturated carbocycles. The Morgan fingerprint density at radius 1 is 1.13 bits per heavy atom. The lowest BCUT2D eigenvalue weighted by molar-refractivity contribution is -0.121. The molecule has 1 saturated heterocycles. The number of rotatable bonds is 3. The highest BCUT2D eigenvalue weighted by molar-refractivity contribution is 5.93. The third kappa shape index (κ3) is 3.41. The minimum atomic E-state index is -0.159. The van der Waals surface area contributed by atoms with Crippen LogP contribution in [-0.4, -0.2) is 40.1 Å². The minimum Gasteiger partial charge on any atom is -0.361 e. The average molecular weight is 318 g/mol. The van der Waals surface area contributed by atoms with E-state index in [2.05, 4.69) is 15.6 Å². The summed E-state index contributed by atoms with van der Waals surface area (Å²) in [5.74, 6) is 1.27.